The molecule has 3 rings (SSSR count). The van der Waals surface area contributed by atoms with Crippen LogP contribution in [0.15, 0.2) is 61.3 Å². The molecule has 0 bridgehead atoms. The number of pyridine rings is 2. The zero-order valence-corrected chi connectivity index (χ0v) is 15.4. The van der Waals surface area contributed by atoms with E-state index in [9.17, 15) is 4.21 Å². The zero-order chi connectivity index (χ0) is 18.0. The molecule has 5 heteroatoms. The first kappa shape index (κ1) is 17.3. The van der Waals surface area contributed by atoms with Crippen LogP contribution in [0.4, 0.5) is 0 Å². The molecule has 3 aromatic rings. The summed E-state index contributed by atoms with van der Waals surface area (Å²) in [5, 5.41) is 0.918. The standard InChI is InChI=1S/C20H21N3OS/c1-14(23-25(24)20(2,3)4)17-13-16-11-8-12-21-19(16)22-18(17)15-9-6-5-7-10-15/h5-13,23H,1H2,2-4H3. The average molecular weight is 351 g/mol. The third-order valence-corrected chi connectivity index (χ3v) is 5.28. The summed E-state index contributed by atoms with van der Waals surface area (Å²) in [5.41, 5.74) is 3.83. The quantitative estimate of drug-likeness (QED) is 0.761. The second-order valence-electron chi connectivity index (χ2n) is 6.76. The Morgan fingerprint density at radius 1 is 1.12 bits per heavy atom. The van der Waals surface area contributed by atoms with Gasteiger partial charge in [-0.2, -0.15) is 0 Å². The van der Waals surface area contributed by atoms with Gasteiger partial charge in [0.25, 0.3) is 0 Å². The highest BCUT2D eigenvalue weighted by atomic mass is 32.2. The first-order valence-corrected chi connectivity index (χ1v) is 9.20. The van der Waals surface area contributed by atoms with Gasteiger partial charge >= 0.3 is 0 Å². The summed E-state index contributed by atoms with van der Waals surface area (Å²) < 4.78 is 15.1. The minimum atomic E-state index is -1.26. The van der Waals surface area contributed by atoms with Crippen LogP contribution < -0.4 is 4.72 Å². The van der Waals surface area contributed by atoms with Crippen molar-refractivity contribution in [3.05, 3.63) is 66.9 Å². The fourth-order valence-corrected chi connectivity index (χ4v) is 3.01. The fourth-order valence-electron chi connectivity index (χ4n) is 2.37. The lowest BCUT2D eigenvalue weighted by molar-refractivity contribution is 0.645. The number of nitrogens with zero attached hydrogens (tertiary/aromatic N) is 2. The summed E-state index contributed by atoms with van der Waals surface area (Å²) in [6.07, 6.45) is 1.73. The van der Waals surface area contributed by atoms with Gasteiger partial charge in [0, 0.05) is 28.4 Å². The molecular formula is C20H21N3OS. The van der Waals surface area contributed by atoms with Gasteiger partial charge in [-0.25, -0.2) is 14.2 Å². The SMILES string of the molecule is C=C(NS(=O)C(C)(C)C)c1cc2cccnc2nc1-c1ccccc1. The molecule has 0 radical (unpaired) electrons. The topological polar surface area (TPSA) is 54.9 Å². The monoisotopic (exact) mass is 351 g/mol. The van der Waals surface area contributed by atoms with E-state index in [1.165, 1.54) is 0 Å². The first-order valence-electron chi connectivity index (χ1n) is 8.05. The van der Waals surface area contributed by atoms with Crippen molar-refractivity contribution in [1.29, 1.82) is 0 Å². The van der Waals surface area contributed by atoms with Crippen LogP contribution in [0.3, 0.4) is 0 Å². The highest BCUT2D eigenvalue weighted by Gasteiger charge is 2.21. The number of rotatable bonds is 4. The predicted octanol–water partition coefficient (Wildman–Crippen LogP) is 4.32. The number of hydrogen-bond acceptors (Lipinski definition) is 3. The summed E-state index contributed by atoms with van der Waals surface area (Å²) in [6.45, 7) is 9.87. The van der Waals surface area contributed by atoms with Crippen LogP contribution in [0.1, 0.15) is 26.3 Å². The maximum absolute atomic E-state index is 12.5. The third-order valence-electron chi connectivity index (χ3n) is 3.73. The molecule has 4 nitrogen and oxygen atoms in total. The molecule has 0 amide bonds. The van der Waals surface area contributed by atoms with Crippen molar-refractivity contribution in [1.82, 2.24) is 14.7 Å². The molecule has 1 N–H and O–H groups in total. The van der Waals surface area contributed by atoms with Gasteiger partial charge in [-0.3, -0.25) is 0 Å². The Labute approximate surface area is 150 Å². The van der Waals surface area contributed by atoms with Crippen LogP contribution in [0.5, 0.6) is 0 Å². The Kier molecular flexibility index (Phi) is 4.68. The Morgan fingerprint density at radius 3 is 2.52 bits per heavy atom. The van der Waals surface area contributed by atoms with E-state index in [0.717, 1.165) is 22.2 Å². The second kappa shape index (κ2) is 6.76. The van der Waals surface area contributed by atoms with E-state index in [2.05, 4.69) is 16.3 Å². The molecule has 0 saturated heterocycles. The van der Waals surface area contributed by atoms with Crippen LogP contribution in [0, 0.1) is 0 Å². The minimum absolute atomic E-state index is 0.387. The van der Waals surface area contributed by atoms with E-state index in [1.54, 1.807) is 6.20 Å². The van der Waals surface area contributed by atoms with E-state index in [1.807, 2.05) is 69.3 Å². The lowest BCUT2D eigenvalue weighted by atomic mass is 10.0. The van der Waals surface area contributed by atoms with Gasteiger partial charge in [0.05, 0.1) is 10.4 Å². The van der Waals surface area contributed by atoms with Crippen LogP contribution in [0.2, 0.25) is 0 Å². The molecule has 0 aliphatic carbocycles. The Bertz CT molecular complexity index is 946. The van der Waals surface area contributed by atoms with Gasteiger partial charge in [0.2, 0.25) is 0 Å². The second-order valence-corrected chi connectivity index (χ2v) is 8.73. The van der Waals surface area contributed by atoms with Crippen LogP contribution in [-0.2, 0) is 11.0 Å². The van der Waals surface area contributed by atoms with Crippen molar-refractivity contribution < 1.29 is 4.21 Å². The normalized spacial score (nSPS) is 12.8. The Balaban J connectivity index is 2.12. The van der Waals surface area contributed by atoms with Crippen molar-refractivity contribution in [3.63, 3.8) is 0 Å². The molecule has 0 fully saturated rings. The Morgan fingerprint density at radius 2 is 1.84 bits per heavy atom. The van der Waals surface area contributed by atoms with E-state index < -0.39 is 11.0 Å². The van der Waals surface area contributed by atoms with Crippen LogP contribution in [0.25, 0.3) is 28.0 Å². The van der Waals surface area contributed by atoms with Gasteiger partial charge in [-0.05, 0) is 39.0 Å². The molecule has 0 aliphatic heterocycles. The number of fused-ring (bicyclic) bond motifs is 1. The van der Waals surface area contributed by atoms with Gasteiger partial charge in [-0.1, -0.05) is 36.9 Å². The van der Waals surface area contributed by atoms with Crippen molar-refractivity contribution in [3.8, 4) is 11.3 Å². The molecular weight excluding hydrogens is 330 g/mol. The predicted molar refractivity (Wildman–Crippen MR) is 105 cm³/mol. The lowest BCUT2D eigenvalue weighted by Crippen LogP contribution is -2.32. The first-order chi connectivity index (χ1) is 11.9. The van der Waals surface area contributed by atoms with Gasteiger partial charge < -0.3 is 4.72 Å². The van der Waals surface area contributed by atoms with Gasteiger partial charge in [-0.15, -0.1) is 0 Å². The number of benzene rings is 1. The van der Waals surface area contributed by atoms with Gasteiger partial charge in [0.1, 0.15) is 11.0 Å². The highest BCUT2D eigenvalue weighted by Crippen LogP contribution is 2.29. The lowest BCUT2D eigenvalue weighted by Gasteiger charge is -2.21. The maximum Gasteiger partial charge on any atom is 0.159 e. The summed E-state index contributed by atoms with van der Waals surface area (Å²) >= 11 is 0. The zero-order valence-electron chi connectivity index (χ0n) is 14.6. The molecule has 25 heavy (non-hydrogen) atoms. The van der Waals surface area contributed by atoms with E-state index >= 15 is 0 Å². The third kappa shape index (κ3) is 3.77. The fraction of sp³-hybridized carbons (Fsp3) is 0.200. The highest BCUT2D eigenvalue weighted by molar-refractivity contribution is 7.84. The summed E-state index contributed by atoms with van der Waals surface area (Å²) in [4.78, 5) is 9.07. The number of aromatic nitrogens is 2. The Hall–Kier alpha value is -2.53. The molecule has 0 saturated carbocycles. The van der Waals surface area contributed by atoms with E-state index in [0.29, 0.717) is 11.3 Å². The van der Waals surface area contributed by atoms with E-state index in [-0.39, 0.29) is 4.75 Å². The average Bonchev–Trinajstić information content (AvgIpc) is 2.60. The van der Waals surface area contributed by atoms with Crippen LogP contribution in [-0.4, -0.2) is 18.9 Å². The number of hydrogen-bond donors (Lipinski definition) is 1. The van der Waals surface area contributed by atoms with Crippen molar-refractivity contribution >= 4 is 27.7 Å². The van der Waals surface area contributed by atoms with Crippen molar-refractivity contribution in [2.75, 3.05) is 0 Å². The summed E-state index contributed by atoms with van der Waals surface area (Å²) in [5.74, 6) is 0. The van der Waals surface area contributed by atoms with Crippen molar-refractivity contribution in [2.24, 2.45) is 0 Å². The largest absolute Gasteiger partial charge is 0.305 e. The minimum Gasteiger partial charge on any atom is -0.305 e. The smallest absolute Gasteiger partial charge is 0.159 e. The molecule has 2 heterocycles. The molecule has 2 aromatic heterocycles. The van der Waals surface area contributed by atoms with Crippen LogP contribution >= 0.6 is 0 Å². The summed E-state index contributed by atoms with van der Waals surface area (Å²) in [7, 11) is -1.26. The molecule has 128 valence electrons. The molecule has 1 aromatic carbocycles. The summed E-state index contributed by atoms with van der Waals surface area (Å²) in [6, 6.07) is 15.7. The maximum atomic E-state index is 12.5. The van der Waals surface area contributed by atoms with E-state index in [4.69, 9.17) is 4.98 Å². The molecule has 1 atom stereocenters. The molecule has 1 unspecified atom stereocenters. The van der Waals surface area contributed by atoms with Gasteiger partial charge in [0.15, 0.2) is 5.65 Å². The van der Waals surface area contributed by atoms with Crippen molar-refractivity contribution in [2.45, 2.75) is 25.5 Å². The number of nitrogens with one attached hydrogen (secondary N) is 1. The molecule has 0 spiro atoms. The molecule has 0 aliphatic rings.